The van der Waals surface area contributed by atoms with Crippen molar-refractivity contribution in [3.05, 3.63) is 42.0 Å². The molecule has 0 fully saturated rings. The van der Waals surface area contributed by atoms with Crippen LogP contribution < -0.4 is 12.4 Å². The first-order valence-electron chi connectivity index (χ1n) is 10.7. The molecule has 26 heavy (non-hydrogen) atoms. The molecule has 0 unspecified atom stereocenters. The van der Waals surface area contributed by atoms with Gasteiger partial charge in [-0.1, -0.05) is 101 Å². The molecule has 0 aliphatic carbocycles. The minimum atomic E-state index is 0. The molecule has 1 nitrogen and oxygen atoms in total. The molecule has 0 N–H and O–H groups in total. The van der Waals surface area contributed by atoms with Crippen molar-refractivity contribution in [2.45, 2.75) is 77.6 Å². The first-order chi connectivity index (χ1) is 12.1. The number of rotatable bonds is 15. The lowest BCUT2D eigenvalue weighted by molar-refractivity contribution is -0.890. The van der Waals surface area contributed by atoms with Crippen molar-refractivity contribution in [1.82, 2.24) is 0 Å². The van der Waals surface area contributed by atoms with E-state index in [1.54, 1.807) is 0 Å². The summed E-state index contributed by atoms with van der Waals surface area (Å²) in [5.41, 5.74) is 1.31. The number of benzene rings is 1. The Bertz CT molecular complexity index is 439. The normalized spacial score (nSPS) is 11.7. The van der Waals surface area contributed by atoms with Crippen LogP contribution in [0.5, 0.6) is 0 Å². The predicted octanol–water partition coefficient (Wildman–Crippen LogP) is 4.09. The zero-order chi connectivity index (χ0) is 18.2. The van der Waals surface area contributed by atoms with Crippen LogP contribution in [0.15, 0.2) is 36.4 Å². The van der Waals surface area contributed by atoms with Crippen molar-refractivity contribution < 1.29 is 16.9 Å². The molecule has 0 saturated carbocycles. The van der Waals surface area contributed by atoms with Crippen molar-refractivity contribution in [3.8, 4) is 0 Å². The Morgan fingerprint density at radius 3 is 1.85 bits per heavy atom. The Hall–Kier alpha value is -0.790. The van der Waals surface area contributed by atoms with Gasteiger partial charge in [0.15, 0.2) is 0 Å². The SMILES string of the molecule is CCCCCCCCCCCC[N+](C)(C)CCC=Cc1ccccc1.[Cl-]. The molecule has 150 valence electrons. The van der Waals surface area contributed by atoms with Crippen LogP contribution in [0.4, 0.5) is 0 Å². The van der Waals surface area contributed by atoms with E-state index in [-0.39, 0.29) is 12.4 Å². The summed E-state index contributed by atoms with van der Waals surface area (Å²) in [6, 6.07) is 10.6. The van der Waals surface area contributed by atoms with Crippen LogP contribution in [0.3, 0.4) is 0 Å². The first kappa shape index (κ1) is 25.2. The predicted molar refractivity (Wildman–Crippen MR) is 114 cm³/mol. The van der Waals surface area contributed by atoms with Gasteiger partial charge in [0.1, 0.15) is 0 Å². The fraction of sp³-hybridized carbons (Fsp3) is 0.667. The van der Waals surface area contributed by atoms with E-state index in [0.29, 0.717) is 0 Å². The standard InChI is InChI=1S/C24H42N.ClH/c1-4-5-6-7-8-9-10-11-12-17-22-25(2,3)23-18-16-21-24-19-14-13-15-20-24;/h13-16,19-21H,4-12,17-18,22-23H2,1-3H3;1H/q+1;/p-1. The van der Waals surface area contributed by atoms with Gasteiger partial charge in [-0.05, 0) is 18.4 Å². The molecule has 2 heteroatoms. The molecule has 0 aromatic heterocycles. The van der Waals surface area contributed by atoms with E-state index in [0.717, 1.165) is 4.48 Å². The second kappa shape index (κ2) is 16.4. The number of quaternary nitrogens is 1. The first-order valence-corrected chi connectivity index (χ1v) is 10.7. The van der Waals surface area contributed by atoms with Crippen LogP contribution in [0.2, 0.25) is 0 Å². The van der Waals surface area contributed by atoms with Crippen molar-refractivity contribution in [2.24, 2.45) is 0 Å². The van der Waals surface area contributed by atoms with Crippen molar-refractivity contribution >= 4 is 6.08 Å². The Morgan fingerprint density at radius 2 is 1.27 bits per heavy atom. The van der Waals surface area contributed by atoms with E-state index >= 15 is 0 Å². The van der Waals surface area contributed by atoms with Gasteiger partial charge in [-0.2, -0.15) is 0 Å². The molecule has 0 radical (unpaired) electrons. The van der Waals surface area contributed by atoms with Gasteiger partial charge in [-0.15, -0.1) is 0 Å². The van der Waals surface area contributed by atoms with Crippen LogP contribution in [0.1, 0.15) is 83.1 Å². The Labute approximate surface area is 169 Å². The second-order valence-corrected chi connectivity index (χ2v) is 8.17. The minimum Gasteiger partial charge on any atom is -1.00 e. The van der Waals surface area contributed by atoms with E-state index in [1.807, 2.05) is 0 Å². The molecule has 0 aliphatic heterocycles. The smallest absolute Gasteiger partial charge is 0.0817 e. The number of nitrogens with zero attached hydrogens (tertiary/aromatic N) is 1. The summed E-state index contributed by atoms with van der Waals surface area (Å²) in [4.78, 5) is 0. The van der Waals surface area contributed by atoms with Gasteiger partial charge >= 0.3 is 0 Å². The number of hydrogen-bond donors (Lipinski definition) is 0. The third-order valence-corrected chi connectivity index (χ3v) is 5.13. The summed E-state index contributed by atoms with van der Waals surface area (Å²) < 4.78 is 1.15. The maximum atomic E-state index is 2.38. The summed E-state index contributed by atoms with van der Waals surface area (Å²) in [6.07, 6.45) is 20.0. The highest BCUT2D eigenvalue weighted by molar-refractivity contribution is 5.48. The zero-order valence-corrected chi connectivity index (χ0v) is 18.3. The van der Waals surface area contributed by atoms with Crippen molar-refractivity contribution in [1.29, 1.82) is 0 Å². The van der Waals surface area contributed by atoms with Gasteiger partial charge in [-0.3, -0.25) is 0 Å². The Morgan fingerprint density at radius 1 is 0.731 bits per heavy atom. The zero-order valence-electron chi connectivity index (χ0n) is 17.6. The molecule has 0 amide bonds. The molecule has 0 bridgehead atoms. The lowest BCUT2D eigenvalue weighted by Gasteiger charge is -2.29. The van der Waals surface area contributed by atoms with E-state index in [4.69, 9.17) is 0 Å². The third kappa shape index (κ3) is 14.4. The number of hydrogen-bond acceptors (Lipinski definition) is 0. The van der Waals surface area contributed by atoms with Crippen LogP contribution in [-0.2, 0) is 0 Å². The molecule has 0 saturated heterocycles. The van der Waals surface area contributed by atoms with Gasteiger partial charge in [0.2, 0.25) is 0 Å². The van der Waals surface area contributed by atoms with Gasteiger partial charge in [-0.25, -0.2) is 0 Å². The van der Waals surface area contributed by atoms with E-state index in [9.17, 15) is 0 Å². The molecule has 0 heterocycles. The molecule has 1 aromatic carbocycles. The van der Waals surface area contributed by atoms with Crippen molar-refractivity contribution in [2.75, 3.05) is 27.2 Å². The Kier molecular flexibility index (Phi) is 15.9. The summed E-state index contributed by atoms with van der Waals surface area (Å²) in [7, 11) is 4.76. The third-order valence-electron chi connectivity index (χ3n) is 5.13. The molecule has 1 rings (SSSR count). The van der Waals surface area contributed by atoms with E-state index in [1.165, 1.54) is 89.3 Å². The van der Waals surface area contributed by atoms with Crippen LogP contribution >= 0.6 is 0 Å². The maximum absolute atomic E-state index is 2.38. The molecular weight excluding hydrogens is 338 g/mol. The van der Waals surface area contributed by atoms with Gasteiger partial charge < -0.3 is 16.9 Å². The summed E-state index contributed by atoms with van der Waals surface area (Å²) in [5, 5.41) is 0. The molecular formula is C24H42ClN. The molecule has 0 aliphatic rings. The topological polar surface area (TPSA) is 0 Å². The molecule has 0 atom stereocenters. The fourth-order valence-corrected chi connectivity index (χ4v) is 3.35. The minimum absolute atomic E-state index is 0. The highest BCUT2D eigenvalue weighted by Crippen LogP contribution is 2.12. The average Bonchev–Trinajstić information content (AvgIpc) is 2.61. The molecule has 1 aromatic rings. The van der Waals surface area contributed by atoms with Gasteiger partial charge in [0, 0.05) is 6.42 Å². The van der Waals surface area contributed by atoms with Gasteiger partial charge in [0.25, 0.3) is 0 Å². The highest BCUT2D eigenvalue weighted by Gasteiger charge is 2.12. The number of halogens is 1. The second-order valence-electron chi connectivity index (χ2n) is 8.17. The van der Waals surface area contributed by atoms with Crippen molar-refractivity contribution in [3.63, 3.8) is 0 Å². The fourth-order valence-electron chi connectivity index (χ4n) is 3.35. The maximum Gasteiger partial charge on any atom is 0.0817 e. The van der Waals surface area contributed by atoms with Crippen LogP contribution in [-0.4, -0.2) is 31.7 Å². The lowest BCUT2D eigenvalue weighted by Crippen LogP contribution is -3.00. The van der Waals surface area contributed by atoms with Crippen LogP contribution in [0.25, 0.3) is 6.08 Å². The summed E-state index contributed by atoms with van der Waals surface area (Å²) >= 11 is 0. The summed E-state index contributed by atoms with van der Waals surface area (Å²) in [6.45, 7) is 4.84. The lowest BCUT2D eigenvalue weighted by atomic mass is 10.1. The average molecular weight is 380 g/mol. The number of unbranched alkanes of at least 4 members (excludes halogenated alkanes) is 9. The molecule has 0 spiro atoms. The monoisotopic (exact) mass is 379 g/mol. The highest BCUT2D eigenvalue weighted by atomic mass is 35.5. The Balaban J connectivity index is 0.00000625. The summed E-state index contributed by atoms with van der Waals surface area (Å²) in [5.74, 6) is 0. The largest absolute Gasteiger partial charge is 1.00 e. The van der Waals surface area contributed by atoms with E-state index < -0.39 is 0 Å². The van der Waals surface area contributed by atoms with Gasteiger partial charge in [0.05, 0.1) is 27.2 Å². The van der Waals surface area contributed by atoms with Crippen LogP contribution in [0, 0.1) is 0 Å². The van der Waals surface area contributed by atoms with E-state index in [2.05, 4.69) is 63.5 Å². The quantitative estimate of drug-likeness (QED) is 0.318.